The lowest BCUT2D eigenvalue weighted by molar-refractivity contribution is -0.137. The summed E-state index contributed by atoms with van der Waals surface area (Å²) in [4.78, 5) is 28.7. The van der Waals surface area contributed by atoms with Gasteiger partial charge in [-0.3, -0.25) is 9.59 Å². The summed E-state index contributed by atoms with van der Waals surface area (Å²) < 4.78 is 5.24. The predicted octanol–water partition coefficient (Wildman–Crippen LogP) is 2.58. The molecular weight excluding hydrogens is 316 g/mol. The number of hydrogen-bond acceptors (Lipinski definition) is 3. The molecule has 6 heteroatoms. The molecule has 1 aromatic rings. The van der Waals surface area contributed by atoms with Gasteiger partial charge in [0.2, 0.25) is 5.91 Å². The lowest BCUT2D eigenvalue weighted by Gasteiger charge is -2.38. The lowest BCUT2D eigenvalue weighted by Crippen LogP contribution is -2.54. The van der Waals surface area contributed by atoms with Gasteiger partial charge in [0.1, 0.15) is 12.3 Å². The third-order valence-corrected chi connectivity index (χ3v) is 4.94. The van der Waals surface area contributed by atoms with E-state index in [4.69, 9.17) is 16.3 Å². The van der Waals surface area contributed by atoms with E-state index in [1.54, 1.807) is 23.1 Å². The highest BCUT2D eigenvalue weighted by Crippen LogP contribution is 2.27. The van der Waals surface area contributed by atoms with Gasteiger partial charge in [0.15, 0.2) is 0 Å². The first-order valence-electron chi connectivity index (χ1n) is 8.02. The summed E-state index contributed by atoms with van der Waals surface area (Å²) >= 11 is 5.99. The third-order valence-electron chi connectivity index (χ3n) is 4.70. The maximum absolute atomic E-state index is 12.7. The molecule has 1 aromatic carbocycles. The molecule has 1 aliphatic heterocycles. The first kappa shape index (κ1) is 16.1. The minimum atomic E-state index is -0.205. The summed E-state index contributed by atoms with van der Waals surface area (Å²) in [7, 11) is 1.52. The van der Waals surface area contributed by atoms with Gasteiger partial charge in [0.25, 0.3) is 5.91 Å². The van der Waals surface area contributed by atoms with Crippen LogP contribution < -0.4 is 4.74 Å². The Hall–Kier alpha value is -1.75. The first-order chi connectivity index (χ1) is 11.1. The van der Waals surface area contributed by atoms with E-state index in [1.807, 2.05) is 4.90 Å². The molecule has 1 saturated carbocycles. The van der Waals surface area contributed by atoms with Crippen molar-refractivity contribution in [2.75, 3.05) is 26.7 Å². The van der Waals surface area contributed by atoms with Gasteiger partial charge in [-0.1, -0.05) is 24.4 Å². The second-order valence-electron chi connectivity index (χ2n) is 6.10. The van der Waals surface area contributed by atoms with Crippen LogP contribution in [0.15, 0.2) is 18.2 Å². The molecule has 0 radical (unpaired) electrons. The van der Waals surface area contributed by atoms with Crippen LogP contribution in [0, 0.1) is 0 Å². The fourth-order valence-corrected chi connectivity index (χ4v) is 3.65. The molecule has 5 nitrogen and oxygen atoms in total. The highest BCUT2D eigenvalue weighted by molar-refractivity contribution is 6.31. The van der Waals surface area contributed by atoms with Crippen LogP contribution in [0.1, 0.15) is 36.0 Å². The van der Waals surface area contributed by atoms with Gasteiger partial charge in [-0.2, -0.15) is 0 Å². The molecule has 2 amide bonds. The minimum Gasteiger partial charge on any atom is -0.496 e. The molecule has 0 atom stereocenters. The molecule has 0 bridgehead atoms. The number of halogens is 1. The summed E-state index contributed by atoms with van der Waals surface area (Å²) in [5, 5.41) is 0.477. The Balaban J connectivity index is 1.72. The van der Waals surface area contributed by atoms with Crippen molar-refractivity contribution >= 4 is 23.4 Å². The van der Waals surface area contributed by atoms with Gasteiger partial charge in [0, 0.05) is 24.2 Å². The number of hydrogen-bond donors (Lipinski definition) is 0. The molecule has 0 spiro atoms. The highest BCUT2D eigenvalue weighted by Gasteiger charge is 2.33. The van der Waals surface area contributed by atoms with Crippen LogP contribution in [0.5, 0.6) is 5.75 Å². The molecule has 1 heterocycles. The summed E-state index contributed by atoms with van der Waals surface area (Å²) in [6.07, 6.45) is 4.55. The van der Waals surface area contributed by atoms with Gasteiger partial charge in [-0.15, -0.1) is 0 Å². The fourth-order valence-electron chi connectivity index (χ4n) is 3.48. The minimum absolute atomic E-state index is 0.0393. The number of methoxy groups -OCH3 is 1. The number of carbonyl (C=O) groups excluding carboxylic acids is 2. The maximum atomic E-state index is 12.7. The molecule has 1 aliphatic carbocycles. The molecule has 0 N–H and O–H groups in total. The number of carbonyl (C=O) groups is 2. The van der Waals surface area contributed by atoms with Crippen molar-refractivity contribution in [1.82, 2.24) is 9.80 Å². The van der Waals surface area contributed by atoms with Crippen LogP contribution in [0.4, 0.5) is 0 Å². The number of rotatable bonds is 3. The Morgan fingerprint density at radius 2 is 2.00 bits per heavy atom. The number of piperazine rings is 1. The molecular formula is C17H21ClN2O3. The second kappa shape index (κ2) is 6.79. The number of benzene rings is 1. The normalized spacial score (nSPS) is 19.3. The van der Waals surface area contributed by atoms with Crippen molar-refractivity contribution in [2.45, 2.75) is 31.7 Å². The Bertz CT molecular complexity index is 614. The van der Waals surface area contributed by atoms with Crippen molar-refractivity contribution in [3.63, 3.8) is 0 Å². The molecule has 0 unspecified atom stereocenters. The average molecular weight is 337 g/mol. The summed E-state index contributed by atoms with van der Waals surface area (Å²) in [5.74, 6) is 0.311. The van der Waals surface area contributed by atoms with Crippen molar-refractivity contribution in [1.29, 1.82) is 0 Å². The van der Waals surface area contributed by atoms with Crippen molar-refractivity contribution in [3.8, 4) is 5.75 Å². The van der Waals surface area contributed by atoms with Crippen molar-refractivity contribution in [3.05, 3.63) is 28.8 Å². The van der Waals surface area contributed by atoms with Crippen molar-refractivity contribution in [2.24, 2.45) is 0 Å². The van der Waals surface area contributed by atoms with Crippen molar-refractivity contribution < 1.29 is 14.3 Å². The molecule has 2 aliphatic rings. The number of ether oxygens (including phenoxy) is 1. The molecule has 23 heavy (non-hydrogen) atoms. The Morgan fingerprint density at radius 3 is 2.65 bits per heavy atom. The number of amides is 2. The molecule has 1 saturated heterocycles. The molecule has 0 aromatic heterocycles. The zero-order chi connectivity index (χ0) is 16.4. The van der Waals surface area contributed by atoms with Crippen LogP contribution in [0.25, 0.3) is 0 Å². The van der Waals surface area contributed by atoms with Gasteiger partial charge >= 0.3 is 0 Å². The SMILES string of the molecule is COc1ccc(Cl)cc1C(=O)N1CCN(C2CCCC2)C(=O)C1. The van der Waals surface area contributed by atoms with E-state index < -0.39 is 0 Å². The lowest BCUT2D eigenvalue weighted by atomic mass is 10.1. The molecule has 124 valence electrons. The fraction of sp³-hybridized carbons (Fsp3) is 0.529. The van der Waals surface area contributed by atoms with E-state index >= 15 is 0 Å². The van der Waals surface area contributed by atoms with Crippen LogP contribution in [-0.2, 0) is 4.79 Å². The van der Waals surface area contributed by atoms with E-state index in [1.165, 1.54) is 20.0 Å². The summed E-state index contributed by atoms with van der Waals surface area (Å²) in [6, 6.07) is 5.31. The second-order valence-corrected chi connectivity index (χ2v) is 6.53. The van der Waals surface area contributed by atoms with E-state index in [9.17, 15) is 9.59 Å². The summed E-state index contributed by atoms with van der Waals surface area (Å²) in [5.41, 5.74) is 0.405. The largest absolute Gasteiger partial charge is 0.496 e. The van der Waals surface area contributed by atoms with Crippen LogP contribution in [-0.4, -0.2) is 54.4 Å². The molecule has 2 fully saturated rings. The average Bonchev–Trinajstić information content (AvgIpc) is 3.08. The van der Waals surface area contributed by atoms with Crippen LogP contribution >= 0.6 is 11.6 Å². The maximum Gasteiger partial charge on any atom is 0.258 e. The van der Waals surface area contributed by atoms with E-state index in [2.05, 4.69) is 0 Å². The van der Waals surface area contributed by atoms with Crippen LogP contribution in [0.2, 0.25) is 5.02 Å². The van der Waals surface area contributed by atoms with E-state index in [0.717, 1.165) is 12.8 Å². The molecule has 3 rings (SSSR count). The Labute approximate surface area is 141 Å². The zero-order valence-corrected chi connectivity index (χ0v) is 14.0. The van der Waals surface area contributed by atoms with Gasteiger partial charge in [-0.25, -0.2) is 0 Å². The Morgan fingerprint density at radius 1 is 1.26 bits per heavy atom. The number of nitrogens with zero attached hydrogens (tertiary/aromatic N) is 2. The smallest absolute Gasteiger partial charge is 0.258 e. The van der Waals surface area contributed by atoms with Gasteiger partial charge in [-0.05, 0) is 31.0 Å². The summed E-state index contributed by atoms with van der Waals surface area (Å²) in [6.45, 7) is 1.29. The van der Waals surface area contributed by atoms with Gasteiger partial charge in [0.05, 0.1) is 12.7 Å². The monoisotopic (exact) mass is 336 g/mol. The first-order valence-corrected chi connectivity index (χ1v) is 8.40. The third kappa shape index (κ3) is 3.29. The highest BCUT2D eigenvalue weighted by atomic mass is 35.5. The van der Waals surface area contributed by atoms with Gasteiger partial charge < -0.3 is 14.5 Å². The van der Waals surface area contributed by atoms with E-state index in [-0.39, 0.29) is 18.4 Å². The predicted molar refractivity (Wildman–Crippen MR) is 87.9 cm³/mol. The van der Waals surface area contributed by atoms with Crippen LogP contribution in [0.3, 0.4) is 0 Å². The quantitative estimate of drug-likeness (QED) is 0.852. The topological polar surface area (TPSA) is 49.9 Å². The Kier molecular flexibility index (Phi) is 4.76. The zero-order valence-electron chi connectivity index (χ0n) is 13.3. The standard InChI is InChI=1S/C17H21ClN2O3/c1-23-15-7-6-12(18)10-14(15)17(22)19-8-9-20(16(21)11-19)13-4-2-3-5-13/h6-7,10,13H,2-5,8-9,11H2,1H3. The van der Waals surface area contributed by atoms with E-state index in [0.29, 0.717) is 35.5 Å².